The molecule has 0 spiro atoms. The minimum atomic E-state index is -0.443. The van der Waals surface area contributed by atoms with Crippen LogP contribution in [0.2, 0.25) is 0 Å². The van der Waals surface area contributed by atoms with Gasteiger partial charge in [0, 0.05) is 16.8 Å². The number of carbonyl (C=O) groups excluding carboxylic acids is 1. The van der Waals surface area contributed by atoms with E-state index in [0.717, 1.165) is 11.3 Å². The summed E-state index contributed by atoms with van der Waals surface area (Å²) in [6.07, 6.45) is 6.55. The van der Waals surface area contributed by atoms with Gasteiger partial charge in [-0.05, 0) is 19.9 Å². The molecule has 6 nitrogen and oxygen atoms in total. The molecule has 2 rings (SSSR count). The van der Waals surface area contributed by atoms with E-state index >= 15 is 0 Å². The summed E-state index contributed by atoms with van der Waals surface area (Å²) in [5, 5.41) is 3.11. The van der Waals surface area contributed by atoms with Crippen molar-refractivity contribution < 1.29 is 9.53 Å². The van der Waals surface area contributed by atoms with Crippen molar-refractivity contribution in [1.29, 1.82) is 0 Å². The number of nitrogens with zero attached hydrogens (tertiary/aromatic N) is 2. The van der Waals surface area contributed by atoms with Crippen LogP contribution in [0, 0.1) is 0 Å². The molecule has 0 saturated carbocycles. The van der Waals surface area contributed by atoms with Crippen molar-refractivity contribution in [3.8, 4) is 5.75 Å². The lowest BCUT2D eigenvalue weighted by molar-refractivity contribution is 0.0971. The SMILES string of the molecule is COc1cnc(NC(/C=C\C=C\Cl)=C(C)C)n(CC(=O)c2ccccc2)c1=O. The van der Waals surface area contributed by atoms with Crippen molar-refractivity contribution in [2.75, 3.05) is 12.4 Å². The minimum absolute atomic E-state index is 0.0609. The molecule has 0 atom stereocenters. The Bertz CT molecular complexity index is 972. The summed E-state index contributed by atoms with van der Waals surface area (Å²) in [7, 11) is 1.39. The standard InChI is InChI=1S/C21H22ClN3O3/c1-15(2)17(11-7-8-12-22)24-21-23-13-19(28-3)20(27)25(21)14-18(26)16-9-5-4-6-10-16/h4-13H,14H2,1-3H3,(H,23,24)/b11-7-,12-8+. The van der Waals surface area contributed by atoms with Crippen molar-refractivity contribution in [3.63, 3.8) is 0 Å². The molecule has 1 aromatic carbocycles. The highest BCUT2D eigenvalue weighted by Crippen LogP contribution is 2.14. The number of hydrogen-bond acceptors (Lipinski definition) is 5. The third kappa shape index (κ3) is 5.44. The Morgan fingerprint density at radius 2 is 1.96 bits per heavy atom. The van der Waals surface area contributed by atoms with Crippen LogP contribution in [0.1, 0.15) is 24.2 Å². The Morgan fingerprint density at radius 3 is 2.57 bits per heavy atom. The molecular weight excluding hydrogens is 378 g/mol. The Morgan fingerprint density at radius 1 is 1.25 bits per heavy atom. The number of halogens is 1. The first-order valence-corrected chi connectivity index (χ1v) is 9.01. The third-order valence-corrected chi connectivity index (χ3v) is 4.01. The molecule has 7 heteroatoms. The van der Waals surface area contributed by atoms with Gasteiger partial charge in [0.2, 0.25) is 11.7 Å². The van der Waals surface area contributed by atoms with Gasteiger partial charge in [0.25, 0.3) is 5.56 Å². The summed E-state index contributed by atoms with van der Waals surface area (Å²) in [6.45, 7) is 3.66. The van der Waals surface area contributed by atoms with Crippen LogP contribution < -0.4 is 15.6 Å². The van der Waals surface area contributed by atoms with Crippen LogP contribution >= 0.6 is 11.6 Å². The number of ketones is 1. The molecule has 1 N–H and O–H groups in total. The van der Waals surface area contributed by atoms with Crippen LogP contribution in [0.5, 0.6) is 5.75 Å². The van der Waals surface area contributed by atoms with Gasteiger partial charge in [-0.15, -0.1) is 0 Å². The average Bonchev–Trinajstić information content (AvgIpc) is 2.70. The maximum atomic E-state index is 12.7. The first kappa shape index (κ1) is 21.2. The maximum Gasteiger partial charge on any atom is 0.297 e. The number of hydrogen-bond donors (Lipinski definition) is 1. The summed E-state index contributed by atoms with van der Waals surface area (Å²) < 4.78 is 6.34. The highest BCUT2D eigenvalue weighted by molar-refractivity contribution is 6.25. The van der Waals surface area contributed by atoms with Gasteiger partial charge in [-0.2, -0.15) is 0 Å². The van der Waals surface area contributed by atoms with Crippen molar-refractivity contribution >= 4 is 23.3 Å². The van der Waals surface area contributed by atoms with E-state index in [2.05, 4.69) is 10.3 Å². The lowest BCUT2D eigenvalue weighted by Gasteiger charge is -2.15. The van der Waals surface area contributed by atoms with Gasteiger partial charge in [0.15, 0.2) is 5.78 Å². The highest BCUT2D eigenvalue weighted by atomic mass is 35.5. The number of rotatable bonds is 8. The number of nitrogens with one attached hydrogen (secondary N) is 1. The van der Waals surface area contributed by atoms with Gasteiger partial charge in [0.1, 0.15) is 0 Å². The molecule has 0 fully saturated rings. The fourth-order valence-electron chi connectivity index (χ4n) is 2.37. The second-order valence-corrected chi connectivity index (χ2v) is 6.30. The quantitative estimate of drug-likeness (QED) is 0.533. The van der Waals surface area contributed by atoms with E-state index in [9.17, 15) is 9.59 Å². The molecular formula is C21H22ClN3O3. The summed E-state index contributed by atoms with van der Waals surface area (Å²) in [5.74, 6) is 0.0942. The normalized spacial score (nSPS) is 11.0. The molecule has 28 heavy (non-hydrogen) atoms. The molecule has 0 unspecified atom stereocenters. The lowest BCUT2D eigenvalue weighted by atomic mass is 10.1. The van der Waals surface area contributed by atoms with Crippen LogP contribution in [0.15, 0.2) is 76.4 Å². The predicted molar refractivity (Wildman–Crippen MR) is 112 cm³/mol. The number of allylic oxidation sites excluding steroid dienone is 4. The van der Waals surface area contributed by atoms with E-state index in [-0.39, 0.29) is 24.0 Å². The number of carbonyl (C=O) groups is 1. The Kier molecular flexibility index (Phi) is 7.77. The first-order chi connectivity index (χ1) is 13.5. The fourth-order valence-corrected chi connectivity index (χ4v) is 2.45. The van der Waals surface area contributed by atoms with Gasteiger partial charge >= 0.3 is 0 Å². The van der Waals surface area contributed by atoms with Gasteiger partial charge in [-0.1, -0.05) is 59.7 Å². The molecule has 0 aliphatic rings. The van der Waals surface area contributed by atoms with E-state index in [1.807, 2.05) is 19.9 Å². The molecule has 0 aliphatic heterocycles. The van der Waals surface area contributed by atoms with Gasteiger partial charge < -0.3 is 10.1 Å². The largest absolute Gasteiger partial charge is 0.490 e. The number of aromatic nitrogens is 2. The molecule has 2 aromatic rings. The number of Topliss-reactive ketones (excluding diaryl/α,β-unsaturated/α-hetero) is 1. The lowest BCUT2D eigenvalue weighted by Crippen LogP contribution is -2.28. The van der Waals surface area contributed by atoms with Crippen LogP contribution in [0.25, 0.3) is 0 Å². The van der Waals surface area contributed by atoms with Gasteiger partial charge in [-0.3, -0.25) is 14.2 Å². The Balaban J connectivity index is 2.44. The van der Waals surface area contributed by atoms with Crippen LogP contribution in [-0.4, -0.2) is 22.4 Å². The monoisotopic (exact) mass is 399 g/mol. The van der Waals surface area contributed by atoms with Crippen molar-refractivity contribution in [3.05, 3.63) is 87.5 Å². The summed E-state index contributed by atoms with van der Waals surface area (Å²) in [6, 6.07) is 8.78. The number of anilines is 1. The number of ether oxygens (including phenoxy) is 1. The third-order valence-electron chi connectivity index (χ3n) is 3.86. The molecule has 0 saturated heterocycles. The molecule has 0 amide bonds. The molecule has 1 heterocycles. The minimum Gasteiger partial charge on any atom is -0.490 e. The zero-order valence-corrected chi connectivity index (χ0v) is 16.7. The van der Waals surface area contributed by atoms with Crippen molar-refractivity contribution in [1.82, 2.24) is 9.55 Å². The average molecular weight is 400 g/mol. The second-order valence-electron chi connectivity index (χ2n) is 6.05. The van der Waals surface area contributed by atoms with Gasteiger partial charge in [-0.25, -0.2) is 4.98 Å². The topological polar surface area (TPSA) is 73.2 Å². The summed E-state index contributed by atoms with van der Waals surface area (Å²) in [4.78, 5) is 29.7. The molecule has 146 valence electrons. The molecule has 0 radical (unpaired) electrons. The Hall–Kier alpha value is -3.12. The van der Waals surface area contributed by atoms with Crippen LogP contribution in [0.4, 0.5) is 5.95 Å². The summed E-state index contributed by atoms with van der Waals surface area (Å²) >= 11 is 5.54. The number of benzene rings is 1. The molecule has 1 aromatic heterocycles. The Labute approximate surface area is 168 Å². The maximum absolute atomic E-state index is 12.7. The van der Waals surface area contributed by atoms with Crippen LogP contribution in [0.3, 0.4) is 0 Å². The second kappa shape index (κ2) is 10.3. The van der Waals surface area contributed by atoms with E-state index in [0.29, 0.717) is 5.56 Å². The fraction of sp³-hybridized carbons (Fsp3) is 0.190. The molecule has 0 bridgehead atoms. The van der Waals surface area contributed by atoms with E-state index in [1.165, 1.54) is 23.4 Å². The highest BCUT2D eigenvalue weighted by Gasteiger charge is 2.16. The van der Waals surface area contributed by atoms with Crippen molar-refractivity contribution in [2.24, 2.45) is 0 Å². The zero-order chi connectivity index (χ0) is 20.5. The van der Waals surface area contributed by atoms with Crippen molar-refractivity contribution in [2.45, 2.75) is 20.4 Å². The smallest absolute Gasteiger partial charge is 0.297 e. The van der Waals surface area contributed by atoms with Crippen LogP contribution in [-0.2, 0) is 6.54 Å². The predicted octanol–water partition coefficient (Wildman–Crippen LogP) is 4.15. The first-order valence-electron chi connectivity index (χ1n) is 8.58. The van der Waals surface area contributed by atoms with E-state index in [1.54, 1.807) is 42.5 Å². The summed E-state index contributed by atoms with van der Waals surface area (Å²) in [5.41, 5.74) is 3.15. The van der Waals surface area contributed by atoms with Gasteiger partial charge in [0.05, 0.1) is 19.9 Å². The van der Waals surface area contributed by atoms with E-state index in [4.69, 9.17) is 16.3 Å². The molecule has 0 aliphatic carbocycles. The number of methoxy groups -OCH3 is 1. The zero-order valence-electron chi connectivity index (χ0n) is 16.0. The van der Waals surface area contributed by atoms with E-state index < -0.39 is 5.56 Å².